The predicted octanol–water partition coefficient (Wildman–Crippen LogP) is 7.19. The van der Waals surface area contributed by atoms with Gasteiger partial charge in [0.2, 0.25) is 0 Å². The molecule has 2 aliphatic rings. The highest BCUT2D eigenvalue weighted by atomic mass is 16.5. The first-order valence-electron chi connectivity index (χ1n) is 13.4. The minimum absolute atomic E-state index is 0.195. The van der Waals surface area contributed by atoms with Crippen molar-refractivity contribution in [3.63, 3.8) is 0 Å². The van der Waals surface area contributed by atoms with Crippen molar-refractivity contribution >= 4 is 11.1 Å². The van der Waals surface area contributed by atoms with Gasteiger partial charge in [-0.05, 0) is 92.9 Å². The molecule has 5 heteroatoms. The van der Waals surface area contributed by atoms with Gasteiger partial charge in [0.15, 0.2) is 0 Å². The van der Waals surface area contributed by atoms with E-state index in [0.717, 1.165) is 39.3 Å². The fourth-order valence-corrected chi connectivity index (χ4v) is 5.64. The van der Waals surface area contributed by atoms with Gasteiger partial charge in [-0.15, -0.1) is 0 Å². The van der Waals surface area contributed by atoms with E-state index >= 15 is 0 Å². The van der Waals surface area contributed by atoms with Gasteiger partial charge >= 0.3 is 0 Å². The highest BCUT2D eigenvalue weighted by molar-refractivity contribution is 5.95. The lowest BCUT2D eigenvalue weighted by atomic mass is 9.86. The van der Waals surface area contributed by atoms with Crippen LogP contribution >= 0.6 is 0 Å². The summed E-state index contributed by atoms with van der Waals surface area (Å²) in [6, 6.07) is 21.5. The van der Waals surface area contributed by atoms with Crippen LogP contribution in [0.25, 0.3) is 11.1 Å². The molecule has 1 fully saturated rings. The minimum atomic E-state index is -0.357. The average Bonchev–Trinajstić information content (AvgIpc) is 2.92. The average molecular weight is 500 g/mol. The molecule has 194 valence electrons. The second kappa shape index (κ2) is 10.9. The molecule has 5 rings (SSSR count). The van der Waals surface area contributed by atoms with E-state index < -0.39 is 0 Å². The molecule has 0 aromatic heterocycles. The monoisotopic (exact) mass is 499 g/mol. The molecular weight excluding hydrogens is 462 g/mol. The van der Waals surface area contributed by atoms with Crippen LogP contribution in [0.2, 0.25) is 0 Å². The molecule has 5 nitrogen and oxygen atoms in total. The van der Waals surface area contributed by atoms with Crippen molar-refractivity contribution in [2.24, 2.45) is 0 Å². The van der Waals surface area contributed by atoms with Crippen molar-refractivity contribution in [3.05, 3.63) is 83.4 Å². The Morgan fingerprint density at radius 3 is 2.41 bits per heavy atom. The lowest BCUT2D eigenvalue weighted by Crippen LogP contribution is -2.42. The SMILES string of the molecule is CC1=C(c2cccc(O)c2)C(c2ccc(OCC(C)N(C)C3CCCCC3)cc2)Oc2ccc(O)cc21. The number of allylic oxidation sites excluding steroid dienone is 1. The second-order valence-corrected chi connectivity index (χ2v) is 10.5. The highest BCUT2D eigenvalue weighted by Gasteiger charge is 2.30. The third kappa shape index (κ3) is 5.47. The molecule has 1 saturated carbocycles. The summed E-state index contributed by atoms with van der Waals surface area (Å²) in [7, 11) is 2.22. The molecule has 0 radical (unpaired) electrons. The van der Waals surface area contributed by atoms with Gasteiger partial charge in [0.05, 0.1) is 0 Å². The van der Waals surface area contributed by atoms with Crippen LogP contribution in [0.5, 0.6) is 23.0 Å². The standard InChI is InChI=1S/C32H37NO4/c1-21(33(3)25-9-5-4-6-10-25)20-36-28-15-12-23(13-16-28)32-31(24-8-7-11-26(34)18-24)22(2)29-19-27(35)14-17-30(29)37-32/h7-8,11-19,21,25,32,34-35H,4-6,9-10,20H2,1-3H3. The summed E-state index contributed by atoms with van der Waals surface area (Å²) < 4.78 is 12.7. The number of phenolic OH excluding ortho intramolecular Hbond substituents is 2. The minimum Gasteiger partial charge on any atom is -0.508 e. The third-order valence-electron chi connectivity index (χ3n) is 7.96. The van der Waals surface area contributed by atoms with Crippen LogP contribution < -0.4 is 9.47 Å². The largest absolute Gasteiger partial charge is 0.508 e. The van der Waals surface area contributed by atoms with E-state index in [9.17, 15) is 10.2 Å². The van der Waals surface area contributed by atoms with Crippen molar-refractivity contribution in [2.45, 2.75) is 64.1 Å². The molecule has 2 atom stereocenters. The molecule has 3 aromatic carbocycles. The zero-order valence-electron chi connectivity index (χ0n) is 22.0. The Balaban J connectivity index is 1.36. The van der Waals surface area contributed by atoms with Crippen LogP contribution in [0.1, 0.15) is 68.7 Å². The Kier molecular flexibility index (Phi) is 7.43. The molecule has 37 heavy (non-hydrogen) atoms. The number of likely N-dealkylation sites (N-methyl/N-ethyl adjacent to an activating group) is 1. The first-order chi connectivity index (χ1) is 17.9. The number of phenols is 2. The Bertz CT molecular complexity index is 1260. The number of rotatable bonds is 7. The van der Waals surface area contributed by atoms with Crippen LogP contribution in [0, 0.1) is 0 Å². The number of nitrogens with zero attached hydrogens (tertiary/aromatic N) is 1. The van der Waals surface area contributed by atoms with Crippen LogP contribution in [-0.2, 0) is 0 Å². The van der Waals surface area contributed by atoms with Gasteiger partial charge in [-0.2, -0.15) is 0 Å². The Morgan fingerprint density at radius 1 is 0.946 bits per heavy atom. The first-order valence-corrected chi connectivity index (χ1v) is 13.4. The van der Waals surface area contributed by atoms with Crippen molar-refractivity contribution in [3.8, 4) is 23.0 Å². The molecule has 3 aromatic rings. The topological polar surface area (TPSA) is 62.2 Å². The summed E-state index contributed by atoms with van der Waals surface area (Å²) in [6.45, 7) is 4.93. The van der Waals surface area contributed by atoms with Crippen molar-refractivity contribution < 1.29 is 19.7 Å². The lowest BCUT2D eigenvalue weighted by molar-refractivity contribution is 0.108. The van der Waals surface area contributed by atoms with Crippen LogP contribution in [0.15, 0.2) is 66.7 Å². The summed E-state index contributed by atoms with van der Waals surface area (Å²) in [4.78, 5) is 2.48. The van der Waals surface area contributed by atoms with Crippen LogP contribution in [-0.4, -0.2) is 40.9 Å². The molecule has 1 heterocycles. The van der Waals surface area contributed by atoms with E-state index in [2.05, 4.69) is 31.0 Å². The Morgan fingerprint density at radius 2 is 1.68 bits per heavy atom. The fraction of sp³-hybridized carbons (Fsp3) is 0.375. The van der Waals surface area contributed by atoms with E-state index in [-0.39, 0.29) is 17.6 Å². The molecule has 1 aliphatic carbocycles. The normalized spacial score (nSPS) is 18.9. The van der Waals surface area contributed by atoms with E-state index in [4.69, 9.17) is 9.47 Å². The third-order valence-corrected chi connectivity index (χ3v) is 7.96. The molecule has 2 unspecified atom stereocenters. The number of benzene rings is 3. The van der Waals surface area contributed by atoms with Crippen molar-refractivity contribution in [2.75, 3.05) is 13.7 Å². The number of fused-ring (bicyclic) bond motifs is 1. The lowest BCUT2D eigenvalue weighted by Gasteiger charge is -2.35. The maximum atomic E-state index is 10.2. The zero-order valence-corrected chi connectivity index (χ0v) is 22.0. The fourth-order valence-electron chi connectivity index (χ4n) is 5.64. The van der Waals surface area contributed by atoms with E-state index in [1.54, 1.807) is 24.3 Å². The van der Waals surface area contributed by atoms with Gasteiger partial charge in [-0.1, -0.05) is 43.5 Å². The van der Waals surface area contributed by atoms with Crippen molar-refractivity contribution in [1.82, 2.24) is 4.90 Å². The molecular formula is C32H37NO4. The molecule has 2 N–H and O–H groups in total. The van der Waals surface area contributed by atoms with Gasteiger partial charge in [-0.3, -0.25) is 4.90 Å². The van der Waals surface area contributed by atoms with E-state index in [1.165, 1.54) is 32.1 Å². The number of aromatic hydroxyl groups is 2. The molecule has 0 amide bonds. The Labute approximate surface area is 220 Å². The molecule has 1 aliphatic heterocycles. The van der Waals surface area contributed by atoms with Gasteiger partial charge in [0.25, 0.3) is 0 Å². The summed E-state index contributed by atoms with van der Waals surface area (Å²) in [5.41, 5.74) is 4.70. The van der Waals surface area contributed by atoms with Gasteiger partial charge < -0.3 is 19.7 Å². The number of hydrogen-bond donors (Lipinski definition) is 2. The number of hydrogen-bond acceptors (Lipinski definition) is 5. The van der Waals surface area contributed by atoms with Gasteiger partial charge in [0.1, 0.15) is 35.7 Å². The van der Waals surface area contributed by atoms with Crippen LogP contribution in [0.4, 0.5) is 0 Å². The summed E-state index contributed by atoms with van der Waals surface area (Å²) >= 11 is 0. The van der Waals surface area contributed by atoms with E-state index in [0.29, 0.717) is 18.7 Å². The van der Waals surface area contributed by atoms with Gasteiger partial charge in [-0.25, -0.2) is 0 Å². The van der Waals surface area contributed by atoms with E-state index in [1.807, 2.05) is 37.3 Å². The predicted molar refractivity (Wildman–Crippen MR) is 148 cm³/mol. The maximum absolute atomic E-state index is 10.2. The first kappa shape index (κ1) is 25.2. The molecule has 0 spiro atoms. The quantitative estimate of drug-likeness (QED) is 0.360. The summed E-state index contributed by atoms with van der Waals surface area (Å²) in [5.74, 6) is 1.96. The highest BCUT2D eigenvalue weighted by Crippen LogP contribution is 2.47. The van der Waals surface area contributed by atoms with Crippen molar-refractivity contribution in [1.29, 1.82) is 0 Å². The smallest absolute Gasteiger partial charge is 0.150 e. The summed E-state index contributed by atoms with van der Waals surface area (Å²) in [5, 5.41) is 20.2. The number of ether oxygens (including phenoxy) is 2. The Hall–Kier alpha value is -3.44. The molecule has 0 saturated heterocycles. The van der Waals surface area contributed by atoms with Crippen LogP contribution in [0.3, 0.4) is 0 Å². The maximum Gasteiger partial charge on any atom is 0.150 e. The summed E-state index contributed by atoms with van der Waals surface area (Å²) in [6.07, 6.45) is 6.24. The van der Waals surface area contributed by atoms with Gasteiger partial charge in [0, 0.05) is 23.2 Å². The zero-order chi connectivity index (χ0) is 25.9. The molecule has 0 bridgehead atoms. The second-order valence-electron chi connectivity index (χ2n) is 10.5.